The van der Waals surface area contributed by atoms with Crippen molar-refractivity contribution in [2.75, 3.05) is 56.0 Å². The molecule has 16 nitrogen and oxygen atoms in total. The molecule has 0 radical (unpaired) electrons. The number of ether oxygens (including phenoxy) is 1. The summed E-state index contributed by atoms with van der Waals surface area (Å²) >= 11 is 0. The number of para-hydroxylation sites is 1. The molecular weight excluding hydrogens is 839 g/mol. The van der Waals surface area contributed by atoms with Gasteiger partial charge in [0, 0.05) is 75.9 Å². The van der Waals surface area contributed by atoms with Gasteiger partial charge in [0.15, 0.2) is 0 Å². The standard InChI is InChI=1S/C50H57N9O7/c51-46(62)44-45(33-9-14-37(15-10-33)66-36-4-2-1-3-5-36)54-59-40(20-23-52-47(44)59)32-21-24-57(25-22-32)43(61)19-8-31-6-11-34(12-7-31)55-26-28-56(29-27-55)35-13-16-38-39(30-35)50(65)58(49(38)64)41-17-18-42(60)53-48(41)63/h1-5,9-10,13-16,30-32,34,40-41,52H,6-8,11-12,17-29H2,(H2,51,62)(H,53,60,63). The fraction of sp³-hybridized carbons (Fsp3) is 0.460. The van der Waals surface area contributed by atoms with E-state index in [2.05, 4.69) is 25.3 Å². The number of primary amides is 1. The Morgan fingerprint density at radius 1 is 0.758 bits per heavy atom. The number of nitrogens with zero attached hydrogens (tertiary/aromatic N) is 6. The van der Waals surface area contributed by atoms with Gasteiger partial charge in [0.05, 0.1) is 17.2 Å². The lowest BCUT2D eigenvalue weighted by atomic mass is 9.82. The summed E-state index contributed by atoms with van der Waals surface area (Å²) in [6.07, 6.45) is 8.84. The van der Waals surface area contributed by atoms with Gasteiger partial charge in [-0.1, -0.05) is 18.2 Å². The SMILES string of the molecule is NC(=O)c1c(-c2ccc(Oc3ccccc3)cc2)nn2c1NCCC2C1CCN(C(=O)CCC2CCC(N3CCN(c4ccc5c(c4)C(=O)N(C4CCC(=O)NC4=O)C5=O)CC3)CC2)CC1. The zero-order chi connectivity index (χ0) is 45.5. The normalized spacial score (nSPS) is 23.8. The number of hydrogen-bond acceptors (Lipinski definition) is 11. The lowest BCUT2D eigenvalue weighted by molar-refractivity contribution is -0.136. The Balaban J connectivity index is 0.672. The molecule has 1 aromatic heterocycles. The summed E-state index contributed by atoms with van der Waals surface area (Å²) in [6.45, 7) is 5.59. The summed E-state index contributed by atoms with van der Waals surface area (Å²) in [5.41, 5.74) is 9.21. The van der Waals surface area contributed by atoms with Gasteiger partial charge in [0.1, 0.15) is 34.6 Å². The number of amides is 6. The van der Waals surface area contributed by atoms with E-state index in [0.29, 0.717) is 58.3 Å². The van der Waals surface area contributed by atoms with Crippen LogP contribution in [-0.4, -0.2) is 118 Å². The Labute approximate surface area is 383 Å². The lowest BCUT2D eigenvalue weighted by Gasteiger charge is -2.43. The van der Waals surface area contributed by atoms with Crippen LogP contribution in [0.1, 0.15) is 108 Å². The van der Waals surface area contributed by atoms with Crippen molar-refractivity contribution in [3.05, 3.63) is 89.5 Å². The van der Waals surface area contributed by atoms with Crippen LogP contribution < -0.4 is 26.0 Å². The molecule has 1 saturated carbocycles. The van der Waals surface area contributed by atoms with Crippen LogP contribution in [0, 0.1) is 11.8 Å². The fourth-order valence-electron chi connectivity index (χ4n) is 11.3. The van der Waals surface area contributed by atoms with E-state index in [4.69, 9.17) is 15.6 Å². The number of carbonyl (C=O) groups is 6. The van der Waals surface area contributed by atoms with Crippen LogP contribution in [0.15, 0.2) is 72.8 Å². The summed E-state index contributed by atoms with van der Waals surface area (Å²) in [7, 11) is 0. The van der Waals surface area contributed by atoms with Crippen molar-refractivity contribution >= 4 is 46.9 Å². The molecule has 0 bridgehead atoms. The molecule has 2 atom stereocenters. The van der Waals surface area contributed by atoms with Crippen molar-refractivity contribution in [1.82, 2.24) is 29.8 Å². The Morgan fingerprint density at radius 3 is 2.18 bits per heavy atom. The summed E-state index contributed by atoms with van der Waals surface area (Å²) in [5.74, 6) is 0.716. The molecule has 3 aromatic carbocycles. The molecule has 1 aliphatic carbocycles. The average molecular weight is 896 g/mol. The van der Waals surface area contributed by atoms with Crippen LogP contribution in [0.3, 0.4) is 0 Å². The van der Waals surface area contributed by atoms with E-state index >= 15 is 0 Å². The van der Waals surface area contributed by atoms with Crippen LogP contribution in [-0.2, 0) is 14.4 Å². The highest BCUT2D eigenvalue weighted by atomic mass is 16.5. The number of anilines is 2. The van der Waals surface area contributed by atoms with Crippen LogP contribution in [0.5, 0.6) is 11.5 Å². The highest BCUT2D eigenvalue weighted by molar-refractivity contribution is 6.23. The molecular formula is C50H57N9O7. The first-order valence-corrected chi connectivity index (χ1v) is 23.7. The van der Waals surface area contributed by atoms with Gasteiger partial charge in [-0.25, -0.2) is 4.68 Å². The number of carbonyl (C=O) groups excluding carboxylic acids is 6. The maximum absolute atomic E-state index is 13.6. The minimum absolute atomic E-state index is 0.0894. The lowest BCUT2D eigenvalue weighted by Crippen LogP contribution is -2.54. The number of fused-ring (bicyclic) bond motifs is 2. The third-order valence-corrected chi connectivity index (χ3v) is 14.9. The number of likely N-dealkylation sites (tertiary alicyclic amines) is 1. The first-order valence-electron chi connectivity index (χ1n) is 23.7. The number of imide groups is 2. The molecule has 4 aromatic rings. The number of piperazine rings is 1. The predicted molar refractivity (Wildman–Crippen MR) is 246 cm³/mol. The highest BCUT2D eigenvalue weighted by Gasteiger charge is 2.45. The molecule has 16 heteroatoms. The van der Waals surface area contributed by atoms with Crippen molar-refractivity contribution in [3.63, 3.8) is 0 Å². The second-order valence-corrected chi connectivity index (χ2v) is 18.7. The molecule has 6 amide bonds. The predicted octanol–water partition coefficient (Wildman–Crippen LogP) is 5.60. The molecule has 3 saturated heterocycles. The second-order valence-electron chi connectivity index (χ2n) is 18.7. The Kier molecular flexibility index (Phi) is 12.1. The summed E-state index contributed by atoms with van der Waals surface area (Å²) in [5, 5.41) is 10.7. The molecule has 2 unspecified atom stereocenters. The minimum atomic E-state index is -0.977. The molecule has 66 heavy (non-hydrogen) atoms. The van der Waals surface area contributed by atoms with Gasteiger partial charge >= 0.3 is 0 Å². The van der Waals surface area contributed by atoms with Crippen molar-refractivity contribution in [2.24, 2.45) is 17.6 Å². The monoisotopic (exact) mass is 895 g/mol. The van der Waals surface area contributed by atoms with E-state index in [-0.39, 0.29) is 24.8 Å². The number of rotatable bonds is 11. The zero-order valence-corrected chi connectivity index (χ0v) is 37.2. The van der Waals surface area contributed by atoms with Gasteiger partial charge < -0.3 is 25.6 Å². The molecule has 10 rings (SSSR count). The van der Waals surface area contributed by atoms with E-state index in [0.717, 1.165) is 119 Å². The minimum Gasteiger partial charge on any atom is -0.457 e. The topological polar surface area (TPSA) is 193 Å². The molecule has 5 aliphatic heterocycles. The van der Waals surface area contributed by atoms with Crippen molar-refractivity contribution in [1.29, 1.82) is 0 Å². The zero-order valence-electron chi connectivity index (χ0n) is 37.2. The second kappa shape index (κ2) is 18.4. The number of piperidine rings is 2. The van der Waals surface area contributed by atoms with Crippen LogP contribution in [0.2, 0.25) is 0 Å². The van der Waals surface area contributed by atoms with Gasteiger partial charge in [-0.3, -0.25) is 43.9 Å². The highest BCUT2D eigenvalue weighted by Crippen LogP contribution is 2.41. The Bertz CT molecular complexity index is 2520. The summed E-state index contributed by atoms with van der Waals surface area (Å²) in [4.78, 5) is 85.0. The number of benzene rings is 3. The quantitative estimate of drug-likeness (QED) is 0.159. The third kappa shape index (κ3) is 8.54. The molecule has 6 heterocycles. The molecule has 6 aliphatic rings. The smallest absolute Gasteiger partial charge is 0.262 e. The molecule has 0 spiro atoms. The van der Waals surface area contributed by atoms with Crippen LogP contribution in [0.25, 0.3) is 11.3 Å². The van der Waals surface area contributed by atoms with E-state index < -0.39 is 35.6 Å². The summed E-state index contributed by atoms with van der Waals surface area (Å²) in [6, 6.07) is 22.1. The Hall–Kier alpha value is -6.55. The first kappa shape index (κ1) is 43.3. The van der Waals surface area contributed by atoms with Crippen LogP contribution >= 0.6 is 0 Å². The molecule has 4 N–H and O–H groups in total. The number of nitrogens with one attached hydrogen (secondary N) is 2. The van der Waals surface area contributed by atoms with Crippen molar-refractivity contribution < 1.29 is 33.5 Å². The van der Waals surface area contributed by atoms with Gasteiger partial charge in [-0.15, -0.1) is 0 Å². The van der Waals surface area contributed by atoms with Gasteiger partial charge in [0.2, 0.25) is 17.7 Å². The molecule has 4 fully saturated rings. The largest absolute Gasteiger partial charge is 0.457 e. The first-order chi connectivity index (χ1) is 32.1. The summed E-state index contributed by atoms with van der Waals surface area (Å²) < 4.78 is 7.96. The third-order valence-electron chi connectivity index (χ3n) is 14.9. The van der Waals surface area contributed by atoms with Crippen molar-refractivity contribution in [3.8, 4) is 22.8 Å². The average Bonchev–Trinajstić information content (AvgIpc) is 3.86. The van der Waals surface area contributed by atoms with Crippen LogP contribution in [0.4, 0.5) is 11.5 Å². The van der Waals surface area contributed by atoms with Gasteiger partial charge in [-0.05, 0) is 124 Å². The van der Waals surface area contributed by atoms with Crippen molar-refractivity contribution in [2.45, 2.75) is 88.8 Å². The van der Waals surface area contributed by atoms with Gasteiger partial charge in [0.25, 0.3) is 17.7 Å². The number of hydrogen-bond donors (Lipinski definition) is 3. The van der Waals surface area contributed by atoms with E-state index in [1.54, 1.807) is 12.1 Å². The van der Waals surface area contributed by atoms with E-state index in [9.17, 15) is 28.8 Å². The Morgan fingerprint density at radius 2 is 1.47 bits per heavy atom. The number of nitrogens with two attached hydrogens (primary N) is 1. The fourth-order valence-corrected chi connectivity index (χ4v) is 11.3. The van der Waals surface area contributed by atoms with E-state index in [1.807, 2.05) is 65.3 Å². The van der Waals surface area contributed by atoms with Gasteiger partial charge in [-0.2, -0.15) is 5.10 Å². The van der Waals surface area contributed by atoms with E-state index in [1.165, 1.54) is 0 Å². The molecule has 344 valence electrons. The maximum Gasteiger partial charge on any atom is 0.262 e. The maximum atomic E-state index is 13.6. The number of aromatic nitrogens is 2.